The minimum absolute atomic E-state index is 0.112. The van der Waals surface area contributed by atoms with Crippen LogP contribution in [0.3, 0.4) is 0 Å². The van der Waals surface area contributed by atoms with Crippen LogP contribution in [0, 0.1) is 0 Å². The first-order valence-electron chi connectivity index (χ1n) is 9.74. The molecule has 0 atom stereocenters. The zero-order valence-corrected chi connectivity index (χ0v) is 16.4. The first kappa shape index (κ1) is 18.8. The molecule has 0 fully saturated rings. The van der Waals surface area contributed by atoms with Crippen LogP contribution in [0.5, 0.6) is 0 Å². The Morgan fingerprint density at radius 3 is 2.59 bits per heavy atom. The first-order chi connectivity index (χ1) is 14.2. The van der Waals surface area contributed by atoms with Gasteiger partial charge < -0.3 is 4.90 Å². The van der Waals surface area contributed by atoms with Gasteiger partial charge in [0.15, 0.2) is 0 Å². The number of nitrogens with zero attached hydrogens (tertiary/aromatic N) is 5. The fraction of sp³-hybridized carbons (Fsp3) is 0.217. The molecule has 0 saturated carbocycles. The molecule has 0 saturated heterocycles. The van der Waals surface area contributed by atoms with E-state index in [4.69, 9.17) is 0 Å². The Morgan fingerprint density at radius 2 is 1.72 bits per heavy atom. The van der Waals surface area contributed by atoms with Crippen molar-refractivity contribution < 1.29 is 4.79 Å². The number of amides is 1. The minimum atomic E-state index is 0.112. The van der Waals surface area contributed by atoms with Gasteiger partial charge in [0.1, 0.15) is 0 Å². The van der Waals surface area contributed by atoms with E-state index in [0.29, 0.717) is 31.8 Å². The number of carbonyl (C=O) groups is 1. The standard InChI is InChI=1S/C23H23N5O/c1-27(17-20-13-7-12-18-9-5-6-14-21(18)20)22(29)15-8-16-28-25-23(24-26-28)19-10-3-2-4-11-19/h2-7,9-14H,8,15-17H2,1H3. The summed E-state index contributed by atoms with van der Waals surface area (Å²) in [5.41, 5.74) is 2.09. The second-order valence-electron chi connectivity index (χ2n) is 7.07. The second-order valence-corrected chi connectivity index (χ2v) is 7.07. The molecule has 0 bridgehead atoms. The number of hydrogen-bond donors (Lipinski definition) is 0. The number of benzene rings is 3. The van der Waals surface area contributed by atoms with Crippen molar-refractivity contribution in [1.29, 1.82) is 0 Å². The summed E-state index contributed by atoms with van der Waals surface area (Å²) in [5, 5.41) is 15.0. The van der Waals surface area contributed by atoms with Crippen LogP contribution in [0.25, 0.3) is 22.2 Å². The molecule has 4 aromatic rings. The van der Waals surface area contributed by atoms with Crippen LogP contribution < -0.4 is 0 Å². The summed E-state index contributed by atoms with van der Waals surface area (Å²) in [4.78, 5) is 15.9. The van der Waals surface area contributed by atoms with E-state index in [1.54, 1.807) is 9.70 Å². The van der Waals surface area contributed by atoms with Crippen LogP contribution in [-0.2, 0) is 17.9 Å². The molecule has 0 radical (unpaired) electrons. The van der Waals surface area contributed by atoms with Gasteiger partial charge >= 0.3 is 0 Å². The monoisotopic (exact) mass is 385 g/mol. The molecular weight excluding hydrogens is 362 g/mol. The van der Waals surface area contributed by atoms with Crippen molar-refractivity contribution in [3.63, 3.8) is 0 Å². The number of aromatic nitrogens is 4. The van der Waals surface area contributed by atoms with Crippen LogP contribution in [0.2, 0.25) is 0 Å². The van der Waals surface area contributed by atoms with Gasteiger partial charge in [-0.25, -0.2) is 0 Å². The van der Waals surface area contributed by atoms with E-state index in [2.05, 4.69) is 39.7 Å². The number of carbonyl (C=O) groups excluding carboxylic acids is 1. The highest BCUT2D eigenvalue weighted by molar-refractivity contribution is 5.86. The highest BCUT2D eigenvalue weighted by Gasteiger charge is 2.12. The third-order valence-corrected chi connectivity index (χ3v) is 4.95. The summed E-state index contributed by atoms with van der Waals surface area (Å²) in [6.45, 7) is 1.16. The number of fused-ring (bicyclic) bond motifs is 1. The van der Waals surface area contributed by atoms with Crippen LogP contribution in [0.4, 0.5) is 0 Å². The lowest BCUT2D eigenvalue weighted by Gasteiger charge is -2.18. The van der Waals surface area contributed by atoms with Crippen molar-refractivity contribution >= 4 is 16.7 Å². The van der Waals surface area contributed by atoms with Crippen LogP contribution in [-0.4, -0.2) is 38.1 Å². The van der Waals surface area contributed by atoms with Crippen molar-refractivity contribution in [2.75, 3.05) is 7.05 Å². The van der Waals surface area contributed by atoms with Gasteiger partial charge in [-0.2, -0.15) is 4.80 Å². The molecule has 0 unspecified atom stereocenters. The van der Waals surface area contributed by atoms with E-state index in [1.165, 1.54) is 10.8 Å². The first-order valence-corrected chi connectivity index (χ1v) is 9.74. The fourth-order valence-corrected chi connectivity index (χ4v) is 3.38. The fourth-order valence-electron chi connectivity index (χ4n) is 3.38. The predicted octanol–water partition coefficient (Wildman–Crippen LogP) is 3.93. The Balaban J connectivity index is 1.31. The smallest absolute Gasteiger partial charge is 0.222 e. The lowest BCUT2D eigenvalue weighted by molar-refractivity contribution is -0.130. The quantitative estimate of drug-likeness (QED) is 0.483. The van der Waals surface area contributed by atoms with Gasteiger partial charge in [-0.3, -0.25) is 4.79 Å². The molecular formula is C23H23N5O. The molecule has 4 rings (SSSR count). The maximum absolute atomic E-state index is 12.6. The maximum Gasteiger partial charge on any atom is 0.222 e. The molecule has 1 amide bonds. The maximum atomic E-state index is 12.6. The van der Waals surface area contributed by atoms with Gasteiger partial charge in [-0.15, -0.1) is 10.2 Å². The van der Waals surface area contributed by atoms with Gasteiger partial charge in [0, 0.05) is 25.6 Å². The van der Waals surface area contributed by atoms with Crippen molar-refractivity contribution in [2.24, 2.45) is 0 Å². The van der Waals surface area contributed by atoms with Crippen molar-refractivity contribution in [1.82, 2.24) is 25.1 Å². The Labute approximate surface area is 169 Å². The van der Waals surface area contributed by atoms with Crippen LogP contribution in [0.1, 0.15) is 18.4 Å². The van der Waals surface area contributed by atoms with Gasteiger partial charge in [0.05, 0.1) is 6.54 Å². The molecule has 3 aromatic carbocycles. The number of aryl methyl sites for hydroxylation is 1. The average molecular weight is 385 g/mol. The minimum Gasteiger partial charge on any atom is -0.341 e. The van der Waals surface area contributed by atoms with Gasteiger partial charge in [-0.05, 0) is 28.0 Å². The highest BCUT2D eigenvalue weighted by Crippen LogP contribution is 2.20. The topological polar surface area (TPSA) is 63.9 Å². The zero-order valence-electron chi connectivity index (χ0n) is 16.4. The van der Waals surface area contributed by atoms with Crippen molar-refractivity contribution in [3.05, 3.63) is 78.4 Å². The summed E-state index contributed by atoms with van der Waals surface area (Å²) in [6, 6.07) is 24.2. The van der Waals surface area contributed by atoms with Crippen LogP contribution >= 0.6 is 0 Å². The van der Waals surface area contributed by atoms with Gasteiger partial charge in [0.25, 0.3) is 0 Å². The third kappa shape index (κ3) is 4.48. The molecule has 6 heteroatoms. The molecule has 146 valence electrons. The molecule has 6 nitrogen and oxygen atoms in total. The molecule has 1 aromatic heterocycles. The Bertz CT molecular complexity index is 1100. The summed E-state index contributed by atoms with van der Waals surface area (Å²) < 4.78 is 0. The summed E-state index contributed by atoms with van der Waals surface area (Å²) in [6.07, 6.45) is 1.12. The van der Waals surface area contributed by atoms with Gasteiger partial charge in [0.2, 0.25) is 11.7 Å². The largest absolute Gasteiger partial charge is 0.341 e. The summed E-state index contributed by atoms with van der Waals surface area (Å²) >= 11 is 0. The molecule has 0 aliphatic heterocycles. The lowest BCUT2D eigenvalue weighted by Crippen LogP contribution is -2.26. The molecule has 0 spiro atoms. The Morgan fingerprint density at radius 1 is 0.966 bits per heavy atom. The van der Waals surface area contributed by atoms with E-state index in [-0.39, 0.29) is 5.91 Å². The second kappa shape index (κ2) is 8.65. The molecule has 0 aliphatic carbocycles. The Hall–Kier alpha value is -3.54. The predicted molar refractivity (Wildman–Crippen MR) is 113 cm³/mol. The van der Waals surface area contributed by atoms with E-state index in [0.717, 1.165) is 11.1 Å². The van der Waals surface area contributed by atoms with E-state index >= 15 is 0 Å². The molecule has 0 aliphatic rings. The number of rotatable bonds is 7. The number of hydrogen-bond acceptors (Lipinski definition) is 4. The normalized spacial score (nSPS) is 10.9. The average Bonchev–Trinajstić information content (AvgIpc) is 3.23. The summed E-state index contributed by atoms with van der Waals surface area (Å²) in [7, 11) is 1.85. The van der Waals surface area contributed by atoms with Crippen LogP contribution in [0.15, 0.2) is 72.8 Å². The number of tetrazole rings is 1. The molecule has 0 N–H and O–H groups in total. The molecule has 29 heavy (non-hydrogen) atoms. The lowest BCUT2D eigenvalue weighted by atomic mass is 10.0. The van der Waals surface area contributed by atoms with E-state index in [1.807, 2.05) is 55.6 Å². The zero-order chi connectivity index (χ0) is 20.1. The SMILES string of the molecule is CN(Cc1cccc2ccccc12)C(=O)CCCn1nnc(-c2ccccc2)n1. The third-order valence-electron chi connectivity index (χ3n) is 4.95. The van der Waals surface area contributed by atoms with Crippen molar-refractivity contribution in [2.45, 2.75) is 25.9 Å². The van der Waals surface area contributed by atoms with Crippen molar-refractivity contribution in [3.8, 4) is 11.4 Å². The van der Waals surface area contributed by atoms with E-state index in [9.17, 15) is 4.79 Å². The molecule has 1 heterocycles. The highest BCUT2D eigenvalue weighted by atomic mass is 16.2. The van der Waals surface area contributed by atoms with Gasteiger partial charge in [-0.1, -0.05) is 72.8 Å². The van der Waals surface area contributed by atoms with E-state index < -0.39 is 0 Å². The Kier molecular flexibility index (Phi) is 5.61. The summed E-state index contributed by atoms with van der Waals surface area (Å²) in [5.74, 6) is 0.714.